The third kappa shape index (κ3) is 4.00. The van der Waals surface area contributed by atoms with Crippen LogP contribution in [-0.4, -0.2) is 52.4 Å². The van der Waals surface area contributed by atoms with Gasteiger partial charge in [-0.2, -0.15) is 0 Å². The fourth-order valence-electron chi connectivity index (χ4n) is 5.11. The predicted molar refractivity (Wildman–Crippen MR) is 129 cm³/mol. The maximum Gasteiger partial charge on any atom is 0.421 e. The van der Waals surface area contributed by atoms with Gasteiger partial charge in [0, 0.05) is 59.8 Å². The number of H-pyrrole nitrogens is 1. The summed E-state index contributed by atoms with van der Waals surface area (Å²) in [5.41, 5.74) is 1.93. The first kappa shape index (κ1) is 21.6. The van der Waals surface area contributed by atoms with Crippen molar-refractivity contribution in [2.75, 3.05) is 19.7 Å². The van der Waals surface area contributed by atoms with Crippen molar-refractivity contribution in [3.8, 4) is 5.75 Å². The summed E-state index contributed by atoms with van der Waals surface area (Å²) < 4.78 is 17.1. The Morgan fingerprint density at radius 2 is 1.89 bits per heavy atom. The number of hydrogen-bond acceptors (Lipinski definition) is 7. The summed E-state index contributed by atoms with van der Waals surface area (Å²) >= 11 is 0. The fraction of sp³-hybridized carbons (Fsp3) is 0.296. The highest BCUT2D eigenvalue weighted by Gasteiger charge is 2.56. The number of pyridine rings is 1. The average molecular weight is 472 g/mol. The SMILES string of the molecule is O=C1OC2(CC(c3cc4ccccc4cn3)CCN2CCCOc2cccc3[nH]ccc23)OC1=O. The number of likely N-dealkylation sites (tertiary alicyclic amines) is 1. The zero-order valence-corrected chi connectivity index (χ0v) is 19.1. The van der Waals surface area contributed by atoms with E-state index in [0.717, 1.165) is 39.5 Å². The van der Waals surface area contributed by atoms with Crippen LogP contribution in [0.2, 0.25) is 0 Å². The largest absolute Gasteiger partial charge is 0.493 e. The lowest BCUT2D eigenvalue weighted by molar-refractivity contribution is -0.267. The minimum Gasteiger partial charge on any atom is -0.493 e. The number of piperidine rings is 1. The van der Waals surface area contributed by atoms with Gasteiger partial charge in [-0.1, -0.05) is 30.3 Å². The van der Waals surface area contributed by atoms with Crippen molar-refractivity contribution in [3.05, 3.63) is 72.7 Å². The maximum atomic E-state index is 12.1. The molecule has 1 atom stereocenters. The van der Waals surface area contributed by atoms with Gasteiger partial charge in [0.15, 0.2) is 0 Å². The average Bonchev–Trinajstić information content (AvgIpc) is 3.47. The van der Waals surface area contributed by atoms with Gasteiger partial charge < -0.3 is 19.2 Å². The Balaban J connectivity index is 1.16. The van der Waals surface area contributed by atoms with Crippen LogP contribution < -0.4 is 4.74 Å². The van der Waals surface area contributed by atoms with Gasteiger partial charge >= 0.3 is 17.8 Å². The molecule has 6 rings (SSSR count). The number of nitrogens with one attached hydrogen (secondary N) is 1. The molecule has 1 N–H and O–H groups in total. The molecule has 178 valence electrons. The molecule has 0 bridgehead atoms. The Morgan fingerprint density at radius 1 is 1.06 bits per heavy atom. The molecule has 4 aromatic rings. The molecule has 2 aromatic carbocycles. The Kier molecular flexibility index (Phi) is 5.37. The van der Waals surface area contributed by atoms with E-state index in [1.54, 1.807) is 0 Å². The van der Waals surface area contributed by atoms with Gasteiger partial charge in [-0.3, -0.25) is 4.98 Å². The third-order valence-electron chi connectivity index (χ3n) is 6.86. The number of aromatic nitrogens is 2. The van der Waals surface area contributed by atoms with E-state index < -0.39 is 17.8 Å². The molecule has 2 aliphatic heterocycles. The molecule has 1 unspecified atom stereocenters. The molecule has 2 saturated heterocycles. The third-order valence-corrected chi connectivity index (χ3v) is 6.86. The zero-order valence-electron chi connectivity index (χ0n) is 19.1. The first-order chi connectivity index (χ1) is 17.1. The standard InChI is InChI=1S/C27H25N3O5/c31-25-26(32)35-27(34-25)16-19(23-15-18-5-1-2-6-20(18)17-29-23)10-13-30(27)12-4-14-33-24-8-3-7-22-21(24)9-11-28-22/h1-3,5-9,11,15,17,19,28H,4,10,12-14,16H2. The molecule has 0 amide bonds. The molecule has 2 aliphatic rings. The van der Waals surface area contributed by atoms with Crippen LogP contribution >= 0.6 is 0 Å². The van der Waals surface area contributed by atoms with Crippen LogP contribution in [0, 0.1) is 0 Å². The van der Waals surface area contributed by atoms with Crippen molar-refractivity contribution in [2.45, 2.75) is 31.1 Å². The summed E-state index contributed by atoms with van der Waals surface area (Å²) in [4.78, 5) is 33.9. The van der Waals surface area contributed by atoms with Crippen LogP contribution in [0.4, 0.5) is 0 Å². The predicted octanol–water partition coefficient (Wildman–Crippen LogP) is 4.12. The van der Waals surface area contributed by atoms with E-state index in [1.807, 2.05) is 59.8 Å². The molecule has 2 aromatic heterocycles. The molecule has 35 heavy (non-hydrogen) atoms. The van der Waals surface area contributed by atoms with E-state index >= 15 is 0 Å². The molecule has 0 aliphatic carbocycles. The molecule has 8 heteroatoms. The number of carbonyl (C=O) groups excluding carboxylic acids is 2. The molecular weight excluding hydrogens is 446 g/mol. The van der Waals surface area contributed by atoms with Gasteiger partial charge in [-0.05, 0) is 42.5 Å². The van der Waals surface area contributed by atoms with E-state index in [1.165, 1.54) is 0 Å². The molecule has 2 fully saturated rings. The Bertz CT molecular complexity index is 1400. The van der Waals surface area contributed by atoms with Crippen molar-refractivity contribution in [2.24, 2.45) is 0 Å². The van der Waals surface area contributed by atoms with E-state index in [4.69, 9.17) is 14.2 Å². The van der Waals surface area contributed by atoms with E-state index in [2.05, 4.69) is 22.1 Å². The highest BCUT2D eigenvalue weighted by molar-refractivity contribution is 6.31. The van der Waals surface area contributed by atoms with Gasteiger partial charge in [0.05, 0.1) is 6.61 Å². The normalized spacial score (nSPS) is 19.8. The quantitative estimate of drug-likeness (QED) is 0.257. The molecule has 8 nitrogen and oxygen atoms in total. The smallest absolute Gasteiger partial charge is 0.421 e. The first-order valence-corrected chi connectivity index (χ1v) is 11.9. The van der Waals surface area contributed by atoms with E-state index in [-0.39, 0.29) is 5.92 Å². The number of rotatable bonds is 6. The summed E-state index contributed by atoms with van der Waals surface area (Å²) in [7, 11) is 0. The van der Waals surface area contributed by atoms with Crippen LogP contribution in [-0.2, 0) is 19.1 Å². The Labute approximate surface area is 201 Å². The highest BCUT2D eigenvalue weighted by Crippen LogP contribution is 2.42. The molecule has 4 heterocycles. The second-order valence-corrected chi connectivity index (χ2v) is 9.02. The number of nitrogens with zero attached hydrogens (tertiary/aromatic N) is 2. The topological polar surface area (TPSA) is 93.8 Å². The first-order valence-electron chi connectivity index (χ1n) is 11.9. The van der Waals surface area contributed by atoms with Crippen molar-refractivity contribution in [3.63, 3.8) is 0 Å². The zero-order chi connectivity index (χ0) is 23.8. The van der Waals surface area contributed by atoms with Gasteiger partial charge in [0.1, 0.15) is 5.75 Å². The van der Waals surface area contributed by atoms with Crippen LogP contribution in [0.1, 0.15) is 30.9 Å². The van der Waals surface area contributed by atoms with Crippen molar-refractivity contribution >= 4 is 33.6 Å². The van der Waals surface area contributed by atoms with Crippen LogP contribution in [0.25, 0.3) is 21.7 Å². The minimum absolute atomic E-state index is 0.00278. The van der Waals surface area contributed by atoms with E-state index in [0.29, 0.717) is 32.5 Å². The number of benzene rings is 2. The number of ether oxygens (including phenoxy) is 3. The molecule has 0 saturated carbocycles. The van der Waals surface area contributed by atoms with E-state index in [9.17, 15) is 9.59 Å². The monoisotopic (exact) mass is 471 g/mol. The number of aromatic amines is 1. The second-order valence-electron chi connectivity index (χ2n) is 9.02. The lowest BCUT2D eigenvalue weighted by Crippen LogP contribution is -2.55. The lowest BCUT2D eigenvalue weighted by Gasteiger charge is -2.43. The summed E-state index contributed by atoms with van der Waals surface area (Å²) in [5.74, 6) is -2.48. The van der Waals surface area contributed by atoms with Gasteiger partial charge in [0.25, 0.3) is 0 Å². The molecule has 0 radical (unpaired) electrons. The van der Waals surface area contributed by atoms with Gasteiger partial charge in [-0.25, -0.2) is 14.5 Å². The summed E-state index contributed by atoms with van der Waals surface area (Å²) in [6.07, 6.45) is 5.58. The number of fused-ring (bicyclic) bond motifs is 2. The number of esters is 2. The van der Waals surface area contributed by atoms with Crippen LogP contribution in [0.3, 0.4) is 0 Å². The van der Waals surface area contributed by atoms with Crippen molar-refractivity contribution in [1.82, 2.24) is 14.9 Å². The lowest BCUT2D eigenvalue weighted by atomic mass is 9.89. The second kappa shape index (κ2) is 8.70. The summed E-state index contributed by atoms with van der Waals surface area (Å²) in [6, 6.07) is 18.0. The molecule has 1 spiro atoms. The van der Waals surface area contributed by atoms with Gasteiger partial charge in [-0.15, -0.1) is 0 Å². The minimum atomic E-state index is -1.40. The summed E-state index contributed by atoms with van der Waals surface area (Å²) in [5, 5.41) is 3.20. The Hall–Kier alpha value is -3.91. The highest BCUT2D eigenvalue weighted by atomic mass is 16.8. The van der Waals surface area contributed by atoms with Crippen LogP contribution in [0.5, 0.6) is 5.75 Å². The summed E-state index contributed by atoms with van der Waals surface area (Å²) in [6.45, 7) is 1.64. The number of carbonyl (C=O) groups is 2. The number of hydrogen-bond donors (Lipinski definition) is 1. The maximum absolute atomic E-state index is 12.1. The Morgan fingerprint density at radius 3 is 2.74 bits per heavy atom. The van der Waals surface area contributed by atoms with Gasteiger partial charge in [0.2, 0.25) is 0 Å². The van der Waals surface area contributed by atoms with Crippen LogP contribution in [0.15, 0.2) is 67.0 Å². The van der Waals surface area contributed by atoms with Crippen molar-refractivity contribution in [1.29, 1.82) is 0 Å². The molecular formula is C27H25N3O5. The van der Waals surface area contributed by atoms with Crippen molar-refractivity contribution < 1.29 is 23.8 Å². The fourth-order valence-corrected chi connectivity index (χ4v) is 5.11.